The van der Waals surface area contributed by atoms with E-state index in [0.29, 0.717) is 5.95 Å². The van der Waals surface area contributed by atoms with E-state index < -0.39 is 0 Å². The van der Waals surface area contributed by atoms with Crippen molar-refractivity contribution < 1.29 is 4.52 Å². The van der Waals surface area contributed by atoms with Gasteiger partial charge in [-0.2, -0.15) is 4.98 Å². The first-order chi connectivity index (χ1) is 9.81. The molecule has 1 fully saturated rings. The zero-order chi connectivity index (χ0) is 14.2. The molecule has 0 aromatic carbocycles. The van der Waals surface area contributed by atoms with Crippen LogP contribution in [0.3, 0.4) is 0 Å². The van der Waals surface area contributed by atoms with E-state index >= 15 is 0 Å². The SMILES string of the molecule is CCCc1nc(NCCC2CCN(CCC)CC2)no1. The van der Waals surface area contributed by atoms with Gasteiger partial charge in [0.1, 0.15) is 0 Å². The number of nitrogens with one attached hydrogen (secondary N) is 1. The predicted molar refractivity (Wildman–Crippen MR) is 80.9 cm³/mol. The molecular weight excluding hydrogens is 252 g/mol. The lowest BCUT2D eigenvalue weighted by Gasteiger charge is -2.31. The van der Waals surface area contributed by atoms with Gasteiger partial charge in [-0.05, 0) is 62.8 Å². The molecule has 1 N–H and O–H groups in total. The Bertz CT molecular complexity index is 372. The number of aryl methyl sites for hydroxylation is 1. The summed E-state index contributed by atoms with van der Waals surface area (Å²) in [6.07, 6.45) is 7.04. The molecule has 1 aliphatic rings. The molecule has 1 aromatic heterocycles. The monoisotopic (exact) mass is 280 g/mol. The maximum absolute atomic E-state index is 5.16. The number of anilines is 1. The number of hydrogen-bond acceptors (Lipinski definition) is 5. The van der Waals surface area contributed by atoms with E-state index in [1.54, 1.807) is 0 Å². The van der Waals surface area contributed by atoms with Crippen molar-refractivity contribution in [2.24, 2.45) is 5.92 Å². The Labute approximate surface area is 122 Å². The molecule has 114 valence electrons. The van der Waals surface area contributed by atoms with Gasteiger partial charge in [0.15, 0.2) is 0 Å². The van der Waals surface area contributed by atoms with E-state index in [2.05, 4.69) is 34.2 Å². The molecule has 2 rings (SSSR count). The molecule has 0 unspecified atom stereocenters. The predicted octanol–water partition coefficient (Wildman–Crippen LogP) is 2.95. The van der Waals surface area contributed by atoms with E-state index in [1.165, 1.54) is 45.3 Å². The van der Waals surface area contributed by atoms with Crippen LogP contribution in [0.25, 0.3) is 0 Å². The molecule has 0 bridgehead atoms. The number of aromatic nitrogens is 2. The first kappa shape index (κ1) is 15.3. The van der Waals surface area contributed by atoms with Gasteiger partial charge >= 0.3 is 0 Å². The zero-order valence-corrected chi connectivity index (χ0v) is 12.9. The van der Waals surface area contributed by atoms with Gasteiger partial charge in [-0.15, -0.1) is 0 Å². The lowest BCUT2D eigenvalue weighted by Crippen LogP contribution is -2.34. The molecule has 0 amide bonds. The number of piperidine rings is 1. The topological polar surface area (TPSA) is 54.2 Å². The maximum atomic E-state index is 5.16. The Hall–Kier alpha value is -1.10. The highest BCUT2D eigenvalue weighted by Crippen LogP contribution is 2.20. The van der Waals surface area contributed by atoms with Crippen molar-refractivity contribution in [2.75, 3.05) is 31.5 Å². The van der Waals surface area contributed by atoms with Crippen molar-refractivity contribution in [1.29, 1.82) is 0 Å². The highest BCUT2D eigenvalue weighted by molar-refractivity contribution is 5.20. The molecule has 0 radical (unpaired) electrons. The zero-order valence-electron chi connectivity index (χ0n) is 12.9. The van der Waals surface area contributed by atoms with Crippen molar-refractivity contribution in [3.05, 3.63) is 5.89 Å². The van der Waals surface area contributed by atoms with Gasteiger partial charge in [0, 0.05) is 13.0 Å². The van der Waals surface area contributed by atoms with Gasteiger partial charge in [0.2, 0.25) is 5.89 Å². The second kappa shape index (κ2) is 8.25. The Morgan fingerprint density at radius 3 is 2.75 bits per heavy atom. The minimum absolute atomic E-state index is 0.650. The van der Waals surface area contributed by atoms with Gasteiger partial charge in [0.25, 0.3) is 5.95 Å². The lowest BCUT2D eigenvalue weighted by molar-refractivity contribution is 0.181. The number of rotatable bonds is 8. The molecule has 0 aliphatic carbocycles. The summed E-state index contributed by atoms with van der Waals surface area (Å²) in [5.74, 6) is 2.23. The molecule has 0 saturated carbocycles. The maximum Gasteiger partial charge on any atom is 0.263 e. The van der Waals surface area contributed by atoms with Crippen LogP contribution >= 0.6 is 0 Å². The van der Waals surface area contributed by atoms with Crippen molar-refractivity contribution in [3.63, 3.8) is 0 Å². The van der Waals surface area contributed by atoms with Crippen LogP contribution in [0.5, 0.6) is 0 Å². The second-order valence-corrected chi connectivity index (χ2v) is 5.76. The third kappa shape index (κ3) is 4.78. The minimum atomic E-state index is 0.650. The smallest absolute Gasteiger partial charge is 0.263 e. The van der Waals surface area contributed by atoms with Crippen LogP contribution < -0.4 is 5.32 Å². The molecule has 5 nitrogen and oxygen atoms in total. The normalized spacial score (nSPS) is 17.5. The fourth-order valence-corrected chi connectivity index (χ4v) is 2.85. The summed E-state index contributed by atoms with van der Waals surface area (Å²) in [5, 5.41) is 7.23. The second-order valence-electron chi connectivity index (χ2n) is 5.76. The summed E-state index contributed by atoms with van der Waals surface area (Å²) < 4.78 is 5.16. The quantitative estimate of drug-likeness (QED) is 0.793. The number of likely N-dealkylation sites (tertiary alicyclic amines) is 1. The molecular formula is C15H28N4O. The third-order valence-corrected chi connectivity index (χ3v) is 4.01. The fraction of sp³-hybridized carbons (Fsp3) is 0.867. The Morgan fingerprint density at radius 1 is 1.25 bits per heavy atom. The van der Waals surface area contributed by atoms with Crippen molar-refractivity contribution in [2.45, 2.75) is 52.4 Å². The summed E-state index contributed by atoms with van der Waals surface area (Å²) in [7, 11) is 0. The number of nitrogens with zero attached hydrogens (tertiary/aromatic N) is 3. The Kier molecular flexibility index (Phi) is 6.30. The summed E-state index contributed by atoms with van der Waals surface area (Å²) in [6.45, 7) is 9.11. The van der Waals surface area contributed by atoms with Crippen LogP contribution in [0.1, 0.15) is 51.8 Å². The number of hydrogen-bond donors (Lipinski definition) is 1. The fourth-order valence-electron chi connectivity index (χ4n) is 2.85. The summed E-state index contributed by atoms with van der Waals surface area (Å²) >= 11 is 0. The highest BCUT2D eigenvalue weighted by atomic mass is 16.5. The Morgan fingerprint density at radius 2 is 2.05 bits per heavy atom. The molecule has 20 heavy (non-hydrogen) atoms. The van der Waals surface area contributed by atoms with Crippen LogP contribution in [0, 0.1) is 5.92 Å². The molecule has 5 heteroatoms. The van der Waals surface area contributed by atoms with Crippen LogP contribution in [0.15, 0.2) is 4.52 Å². The van der Waals surface area contributed by atoms with Gasteiger partial charge in [-0.1, -0.05) is 13.8 Å². The average Bonchev–Trinajstić information content (AvgIpc) is 2.89. The summed E-state index contributed by atoms with van der Waals surface area (Å²) in [5.41, 5.74) is 0. The molecule has 1 saturated heterocycles. The van der Waals surface area contributed by atoms with E-state index in [-0.39, 0.29) is 0 Å². The summed E-state index contributed by atoms with van der Waals surface area (Å²) in [6, 6.07) is 0. The van der Waals surface area contributed by atoms with Crippen molar-refractivity contribution in [1.82, 2.24) is 15.0 Å². The van der Waals surface area contributed by atoms with Gasteiger partial charge in [-0.25, -0.2) is 0 Å². The minimum Gasteiger partial charge on any atom is -0.352 e. The van der Waals surface area contributed by atoms with Crippen molar-refractivity contribution >= 4 is 5.95 Å². The Balaban J connectivity index is 1.61. The lowest BCUT2D eigenvalue weighted by atomic mass is 9.93. The first-order valence-electron chi connectivity index (χ1n) is 8.10. The average molecular weight is 280 g/mol. The van der Waals surface area contributed by atoms with Crippen molar-refractivity contribution in [3.8, 4) is 0 Å². The van der Waals surface area contributed by atoms with Gasteiger partial charge in [-0.3, -0.25) is 0 Å². The van der Waals surface area contributed by atoms with E-state index in [1.807, 2.05) is 0 Å². The van der Waals surface area contributed by atoms with Gasteiger partial charge < -0.3 is 14.7 Å². The van der Waals surface area contributed by atoms with Crippen LogP contribution in [0.2, 0.25) is 0 Å². The molecule has 1 aliphatic heterocycles. The standard InChI is InChI=1S/C15H28N4O/c1-3-5-14-17-15(18-20-14)16-9-6-13-7-11-19(10-4-2)12-8-13/h13H,3-12H2,1-2H3,(H,16,18). The first-order valence-corrected chi connectivity index (χ1v) is 8.10. The largest absolute Gasteiger partial charge is 0.352 e. The van der Waals surface area contributed by atoms with Crippen LogP contribution in [-0.2, 0) is 6.42 Å². The van der Waals surface area contributed by atoms with Crippen LogP contribution in [-0.4, -0.2) is 41.2 Å². The third-order valence-electron chi connectivity index (χ3n) is 4.01. The summed E-state index contributed by atoms with van der Waals surface area (Å²) in [4.78, 5) is 6.91. The molecule has 0 spiro atoms. The van der Waals surface area contributed by atoms with E-state index in [0.717, 1.165) is 31.2 Å². The highest BCUT2D eigenvalue weighted by Gasteiger charge is 2.18. The molecule has 1 aromatic rings. The molecule has 0 atom stereocenters. The van der Waals surface area contributed by atoms with Crippen LogP contribution in [0.4, 0.5) is 5.95 Å². The van der Waals surface area contributed by atoms with Gasteiger partial charge in [0.05, 0.1) is 0 Å². The van der Waals surface area contributed by atoms with E-state index in [4.69, 9.17) is 4.52 Å². The van der Waals surface area contributed by atoms with E-state index in [9.17, 15) is 0 Å². The molecule has 2 heterocycles.